The summed E-state index contributed by atoms with van der Waals surface area (Å²) in [6, 6.07) is 11.9. The maximum atomic E-state index is 12.8. The standard InChI is InChI=1S/C22H23Cl2N5O2/c1-14(20-26-19-13-16(24)5-8-18(19)21(30)27(20)2)28-9-11-29(12-10-28)22(31)25-17-6-3-15(23)4-7-17/h3-8,13-14H,9-12H2,1-2H3,(H,25,31). The first kappa shape index (κ1) is 21.6. The fourth-order valence-electron chi connectivity index (χ4n) is 3.85. The van der Waals surface area contributed by atoms with E-state index in [4.69, 9.17) is 28.2 Å². The van der Waals surface area contributed by atoms with Gasteiger partial charge < -0.3 is 10.2 Å². The second-order valence-corrected chi connectivity index (χ2v) is 8.50. The highest BCUT2D eigenvalue weighted by atomic mass is 35.5. The summed E-state index contributed by atoms with van der Waals surface area (Å²) in [7, 11) is 1.74. The molecule has 0 saturated carbocycles. The van der Waals surface area contributed by atoms with Crippen LogP contribution in [-0.2, 0) is 7.05 Å². The average molecular weight is 460 g/mol. The summed E-state index contributed by atoms with van der Waals surface area (Å²) in [5.41, 5.74) is 1.21. The van der Waals surface area contributed by atoms with Crippen LogP contribution in [0.15, 0.2) is 47.3 Å². The van der Waals surface area contributed by atoms with Crippen molar-refractivity contribution in [2.75, 3.05) is 31.5 Å². The molecule has 1 fully saturated rings. The lowest BCUT2D eigenvalue weighted by Crippen LogP contribution is -2.51. The van der Waals surface area contributed by atoms with Gasteiger partial charge in [-0.25, -0.2) is 9.78 Å². The van der Waals surface area contributed by atoms with Crippen molar-refractivity contribution in [2.45, 2.75) is 13.0 Å². The van der Waals surface area contributed by atoms with Crippen molar-refractivity contribution in [3.8, 4) is 0 Å². The Balaban J connectivity index is 1.45. The third-order valence-electron chi connectivity index (χ3n) is 5.69. The summed E-state index contributed by atoms with van der Waals surface area (Å²) >= 11 is 12.0. The Kier molecular flexibility index (Phi) is 6.18. The molecule has 1 saturated heterocycles. The fourth-order valence-corrected chi connectivity index (χ4v) is 4.14. The van der Waals surface area contributed by atoms with Gasteiger partial charge in [0.25, 0.3) is 5.56 Å². The summed E-state index contributed by atoms with van der Waals surface area (Å²) in [6.45, 7) is 4.55. The topological polar surface area (TPSA) is 70.5 Å². The molecule has 1 unspecified atom stereocenters. The normalized spacial score (nSPS) is 15.8. The highest BCUT2D eigenvalue weighted by molar-refractivity contribution is 6.31. The lowest BCUT2D eigenvalue weighted by Gasteiger charge is -2.38. The van der Waals surface area contributed by atoms with Crippen LogP contribution in [0.2, 0.25) is 10.0 Å². The Morgan fingerprint density at radius 2 is 1.68 bits per heavy atom. The van der Waals surface area contributed by atoms with E-state index in [1.807, 2.05) is 6.92 Å². The zero-order valence-electron chi connectivity index (χ0n) is 17.3. The number of hydrogen-bond donors (Lipinski definition) is 1. The monoisotopic (exact) mass is 459 g/mol. The van der Waals surface area contributed by atoms with Gasteiger partial charge in [0, 0.05) is 49.0 Å². The van der Waals surface area contributed by atoms with Gasteiger partial charge in [0.15, 0.2) is 0 Å². The zero-order chi connectivity index (χ0) is 22.1. The number of rotatable bonds is 3. The van der Waals surface area contributed by atoms with Gasteiger partial charge in [0.05, 0.1) is 16.9 Å². The molecular weight excluding hydrogens is 437 g/mol. The molecule has 4 rings (SSSR count). The second kappa shape index (κ2) is 8.86. The highest BCUT2D eigenvalue weighted by Gasteiger charge is 2.27. The molecule has 31 heavy (non-hydrogen) atoms. The Labute approximate surface area is 190 Å². The molecule has 162 valence electrons. The number of halogens is 2. The second-order valence-electron chi connectivity index (χ2n) is 7.63. The van der Waals surface area contributed by atoms with Crippen LogP contribution in [-0.4, -0.2) is 51.6 Å². The number of benzene rings is 2. The van der Waals surface area contributed by atoms with Crippen LogP contribution in [0.3, 0.4) is 0 Å². The fraction of sp³-hybridized carbons (Fsp3) is 0.318. The van der Waals surface area contributed by atoms with E-state index in [-0.39, 0.29) is 17.6 Å². The van der Waals surface area contributed by atoms with E-state index < -0.39 is 0 Å². The van der Waals surface area contributed by atoms with E-state index in [0.717, 1.165) is 0 Å². The Bertz CT molecular complexity index is 1170. The minimum atomic E-state index is -0.138. The van der Waals surface area contributed by atoms with Crippen LogP contribution >= 0.6 is 23.2 Å². The van der Waals surface area contributed by atoms with Crippen LogP contribution in [0.1, 0.15) is 18.8 Å². The maximum absolute atomic E-state index is 12.8. The van der Waals surface area contributed by atoms with Gasteiger partial charge in [-0.3, -0.25) is 14.3 Å². The molecule has 1 aromatic heterocycles. The van der Waals surface area contributed by atoms with E-state index >= 15 is 0 Å². The molecule has 0 spiro atoms. The Hall–Kier alpha value is -2.61. The Morgan fingerprint density at radius 3 is 2.35 bits per heavy atom. The zero-order valence-corrected chi connectivity index (χ0v) is 18.8. The van der Waals surface area contributed by atoms with Crippen molar-refractivity contribution in [3.05, 3.63) is 68.7 Å². The smallest absolute Gasteiger partial charge is 0.321 e. The van der Waals surface area contributed by atoms with Crippen LogP contribution < -0.4 is 10.9 Å². The van der Waals surface area contributed by atoms with Gasteiger partial charge in [-0.05, 0) is 49.4 Å². The molecule has 1 N–H and O–H groups in total. The van der Waals surface area contributed by atoms with Crippen LogP contribution in [0.4, 0.5) is 10.5 Å². The highest BCUT2D eigenvalue weighted by Crippen LogP contribution is 2.22. The molecule has 7 nitrogen and oxygen atoms in total. The molecule has 1 atom stereocenters. The summed E-state index contributed by atoms with van der Waals surface area (Å²) in [5.74, 6) is 0.679. The van der Waals surface area contributed by atoms with Gasteiger partial charge >= 0.3 is 6.03 Å². The number of piperazine rings is 1. The number of anilines is 1. The lowest BCUT2D eigenvalue weighted by molar-refractivity contribution is 0.114. The molecule has 1 aliphatic rings. The van der Waals surface area contributed by atoms with Crippen molar-refractivity contribution in [1.82, 2.24) is 19.4 Å². The number of urea groups is 1. The summed E-state index contributed by atoms with van der Waals surface area (Å²) < 4.78 is 1.60. The van der Waals surface area contributed by atoms with Gasteiger partial charge in [-0.2, -0.15) is 0 Å². The van der Waals surface area contributed by atoms with Gasteiger partial charge in [0.1, 0.15) is 5.82 Å². The SMILES string of the molecule is CC(c1nc2cc(Cl)ccc2c(=O)n1C)N1CCN(C(=O)Nc2ccc(Cl)cc2)CC1. The summed E-state index contributed by atoms with van der Waals surface area (Å²) in [4.78, 5) is 34.1. The number of carbonyl (C=O) groups is 1. The van der Waals surface area contributed by atoms with E-state index in [2.05, 4.69) is 10.2 Å². The predicted molar refractivity (Wildman–Crippen MR) is 124 cm³/mol. The number of amides is 2. The minimum absolute atomic E-state index is 0.0810. The number of fused-ring (bicyclic) bond motifs is 1. The van der Waals surface area contributed by atoms with E-state index in [9.17, 15) is 9.59 Å². The molecule has 0 bridgehead atoms. The van der Waals surface area contributed by atoms with Crippen molar-refractivity contribution < 1.29 is 4.79 Å². The number of nitrogens with zero attached hydrogens (tertiary/aromatic N) is 4. The maximum Gasteiger partial charge on any atom is 0.321 e. The molecule has 2 amide bonds. The lowest BCUT2D eigenvalue weighted by atomic mass is 10.2. The van der Waals surface area contributed by atoms with Crippen molar-refractivity contribution >= 4 is 45.8 Å². The summed E-state index contributed by atoms with van der Waals surface area (Å²) in [6.07, 6.45) is 0. The van der Waals surface area contributed by atoms with Crippen LogP contribution in [0.5, 0.6) is 0 Å². The van der Waals surface area contributed by atoms with Crippen LogP contribution in [0, 0.1) is 0 Å². The Morgan fingerprint density at radius 1 is 1.03 bits per heavy atom. The first-order valence-corrected chi connectivity index (χ1v) is 10.8. The van der Waals surface area contributed by atoms with Crippen molar-refractivity contribution in [1.29, 1.82) is 0 Å². The van der Waals surface area contributed by atoms with E-state index in [1.54, 1.807) is 59.0 Å². The predicted octanol–water partition coefficient (Wildman–Crippen LogP) is 4.15. The van der Waals surface area contributed by atoms with Gasteiger partial charge in [-0.1, -0.05) is 23.2 Å². The first-order valence-electron chi connectivity index (χ1n) is 10.0. The molecule has 3 aromatic rings. The quantitative estimate of drug-likeness (QED) is 0.638. The number of hydrogen-bond acceptors (Lipinski definition) is 4. The number of aromatic nitrogens is 2. The third-order valence-corrected chi connectivity index (χ3v) is 6.18. The molecule has 0 radical (unpaired) electrons. The molecule has 0 aliphatic carbocycles. The number of carbonyl (C=O) groups excluding carboxylic acids is 1. The molecule has 9 heteroatoms. The molecule has 2 aromatic carbocycles. The number of nitrogens with one attached hydrogen (secondary N) is 1. The third kappa shape index (κ3) is 4.54. The molecule has 2 heterocycles. The van der Waals surface area contributed by atoms with Crippen molar-refractivity contribution in [3.63, 3.8) is 0 Å². The summed E-state index contributed by atoms with van der Waals surface area (Å²) in [5, 5.41) is 4.62. The molecule has 1 aliphatic heterocycles. The van der Waals surface area contributed by atoms with E-state index in [1.165, 1.54) is 0 Å². The van der Waals surface area contributed by atoms with Crippen molar-refractivity contribution in [2.24, 2.45) is 7.05 Å². The van der Waals surface area contributed by atoms with Gasteiger partial charge in [0.2, 0.25) is 0 Å². The van der Waals surface area contributed by atoms with Gasteiger partial charge in [-0.15, -0.1) is 0 Å². The first-order chi connectivity index (χ1) is 14.8. The largest absolute Gasteiger partial charge is 0.322 e. The molecular formula is C22H23Cl2N5O2. The van der Waals surface area contributed by atoms with E-state index in [0.29, 0.717) is 58.6 Å². The van der Waals surface area contributed by atoms with Crippen LogP contribution in [0.25, 0.3) is 10.9 Å². The minimum Gasteiger partial charge on any atom is -0.322 e. The average Bonchev–Trinajstić information content (AvgIpc) is 2.77.